The van der Waals surface area contributed by atoms with E-state index in [1.807, 2.05) is 54.4 Å². The van der Waals surface area contributed by atoms with Crippen LogP contribution in [0.3, 0.4) is 0 Å². The molecule has 0 atom stereocenters. The van der Waals surface area contributed by atoms with Crippen molar-refractivity contribution in [3.05, 3.63) is 83.3 Å². The zero-order valence-electron chi connectivity index (χ0n) is 16.3. The molecule has 1 heterocycles. The van der Waals surface area contributed by atoms with Crippen molar-refractivity contribution in [2.75, 3.05) is 19.1 Å². The molecular weight excluding hydrogens is 352 g/mol. The summed E-state index contributed by atoms with van der Waals surface area (Å²) in [4.78, 5) is 23.4. The van der Waals surface area contributed by atoms with Gasteiger partial charge in [-0.1, -0.05) is 48.5 Å². The number of ether oxygens (including phenoxy) is 1. The first-order valence-corrected chi connectivity index (χ1v) is 9.07. The van der Waals surface area contributed by atoms with Gasteiger partial charge in [0.2, 0.25) is 0 Å². The van der Waals surface area contributed by atoms with Crippen LogP contribution in [0.25, 0.3) is 0 Å². The van der Waals surface area contributed by atoms with Crippen molar-refractivity contribution >= 4 is 11.7 Å². The maximum absolute atomic E-state index is 12.6. The Balaban J connectivity index is 1.72. The summed E-state index contributed by atoms with van der Waals surface area (Å²) in [5.41, 5.74) is 2.42. The van der Waals surface area contributed by atoms with Crippen LogP contribution in [0.5, 0.6) is 5.75 Å². The van der Waals surface area contributed by atoms with Crippen LogP contribution >= 0.6 is 0 Å². The van der Waals surface area contributed by atoms with Gasteiger partial charge in [0.05, 0.1) is 7.11 Å². The lowest BCUT2D eigenvalue weighted by Crippen LogP contribution is -2.26. The minimum Gasteiger partial charge on any atom is -0.496 e. The molecule has 6 nitrogen and oxygen atoms in total. The third-order valence-electron chi connectivity index (χ3n) is 4.34. The quantitative estimate of drug-likeness (QED) is 0.685. The van der Waals surface area contributed by atoms with E-state index in [-0.39, 0.29) is 5.91 Å². The molecule has 0 fully saturated rings. The summed E-state index contributed by atoms with van der Waals surface area (Å²) >= 11 is 0. The number of carbonyl (C=O) groups excluding carboxylic acids is 1. The van der Waals surface area contributed by atoms with Crippen molar-refractivity contribution < 1.29 is 9.53 Å². The summed E-state index contributed by atoms with van der Waals surface area (Å²) in [7, 11) is 3.56. The Hall–Kier alpha value is -3.41. The number of hydrogen-bond donors (Lipinski definition) is 1. The molecule has 0 aliphatic carbocycles. The Bertz CT molecular complexity index is 944. The van der Waals surface area contributed by atoms with E-state index in [1.165, 1.54) is 5.56 Å². The number of aryl methyl sites for hydroxylation is 1. The van der Waals surface area contributed by atoms with Crippen LogP contribution in [-0.2, 0) is 13.1 Å². The Morgan fingerprint density at radius 1 is 1.07 bits per heavy atom. The molecule has 0 spiro atoms. The molecule has 0 saturated heterocycles. The van der Waals surface area contributed by atoms with Crippen LogP contribution in [0.1, 0.15) is 27.4 Å². The largest absolute Gasteiger partial charge is 0.496 e. The van der Waals surface area contributed by atoms with E-state index in [0.29, 0.717) is 30.4 Å². The molecule has 0 aliphatic rings. The van der Waals surface area contributed by atoms with Gasteiger partial charge < -0.3 is 15.0 Å². The zero-order chi connectivity index (χ0) is 19.9. The number of aromatic nitrogens is 2. The summed E-state index contributed by atoms with van der Waals surface area (Å²) in [6.45, 7) is 2.84. The van der Waals surface area contributed by atoms with Gasteiger partial charge in [0.1, 0.15) is 23.1 Å². The highest BCUT2D eigenvalue weighted by atomic mass is 16.5. The Kier molecular flexibility index (Phi) is 6.22. The lowest BCUT2D eigenvalue weighted by Gasteiger charge is -2.19. The first kappa shape index (κ1) is 19.4. The third kappa shape index (κ3) is 4.85. The normalized spacial score (nSPS) is 10.4. The molecule has 3 rings (SSSR count). The molecule has 1 aromatic heterocycles. The molecule has 3 aromatic rings. The predicted octanol–water partition coefficient (Wildman–Crippen LogP) is 3.36. The molecule has 1 N–H and O–H groups in total. The number of amides is 1. The molecule has 144 valence electrons. The molecular formula is C22H24N4O2. The van der Waals surface area contributed by atoms with Gasteiger partial charge in [0.25, 0.3) is 5.91 Å². The highest BCUT2D eigenvalue weighted by Gasteiger charge is 2.13. The third-order valence-corrected chi connectivity index (χ3v) is 4.34. The lowest BCUT2D eigenvalue weighted by molar-refractivity contribution is 0.0945. The average Bonchev–Trinajstić information content (AvgIpc) is 2.72. The predicted molar refractivity (Wildman–Crippen MR) is 109 cm³/mol. The molecule has 0 unspecified atom stereocenters. The molecule has 0 bridgehead atoms. The fourth-order valence-electron chi connectivity index (χ4n) is 2.92. The second-order valence-corrected chi connectivity index (χ2v) is 6.49. The summed E-state index contributed by atoms with van der Waals surface area (Å²) in [5.74, 6) is 1.76. The Morgan fingerprint density at radius 2 is 1.79 bits per heavy atom. The van der Waals surface area contributed by atoms with Crippen molar-refractivity contribution in [1.82, 2.24) is 15.3 Å². The summed E-state index contributed by atoms with van der Waals surface area (Å²) in [6.07, 6.45) is 0. The van der Waals surface area contributed by atoms with Gasteiger partial charge in [-0.05, 0) is 18.6 Å². The minimum atomic E-state index is -0.245. The fourth-order valence-corrected chi connectivity index (χ4v) is 2.92. The van der Waals surface area contributed by atoms with Gasteiger partial charge in [-0.2, -0.15) is 0 Å². The van der Waals surface area contributed by atoms with Crippen molar-refractivity contribution in [2.45, 2.75) is 20.0 Å². The molecule has 6 heteroatoms. The van der Waals surface area contributed by atoms with Crippen molar-refractivity contribution in [3.8, 4) is 5.75 Å². The number of benzene rings is 2. The van der Waals surface area contributed by atoms with E-state index >= 15 is 0 Å². The minimum absolute atomic E-state index is 0.245. The number of carbonyl (C=O) groups is 1. The number of nitrogens with zero attached hydrogens (tertiary/aromatic N) is 3. The van der Waals surface area contributed by atoms with Crippen molar-refractivity contribution in [2.24, 2.45) is 0 Å². The van der Waals surface area contributed by atoms with Crippen LogP contribution in [0.4, 0.5) is 5.82 Å². The van der Waals surface area contributed by atoms with Crippen molar-refractivity contribution in [1.29, 1.82) is 0 Å². The van der Waals surface area contributed by atoms with Crippen LogP contribution < -0.4 is 15.0 Å². The van der Waals surface area contributed by atoms with Crippen LogP contribution in [0, 0.1) is 6.92 Å². The second-order valence-electron chi connectivity index (χ2n) is 6.49. The van der Waals surface area contributed by atoms with E-state index in [0.717, 1.165) is 11.3 Å². The van der Waals surface area contributed by atoms with Gasteiger partial charge in [-0.3, -0.25) is 4.79 Å². The molecule has 0 radical (unpaired) electrons. The van der Waals surface area contributed by atoms with E-state index < -0.39 is 0 Å². The van der Waals surface area contributed by atoms with Gasteiger partial charge >= 0.3 is 0 Å². The standard InChI is InChI=1S/C22H24N4O2/c1-16-24-19(22(27)23-14-18-11-7-8-12-20(18)28-3)13-21(25-16)26(2)15-17-9-5-4-6-10-17/h4-13H,14-15H2,1-3H3,(H,23,27). The first-order chi connectivity index (χ1) is 13.6. The number of rotatable bonds is 7. The number of para-hydroxylation sites is 1. The second kappa shape index (κ2) is 8.99. The van der Waals surface area contributed by atoms with Crippen LogP contribution in [-0.4, -0.2) is 30.0 Å². The Morgan fingerprint density at radius 3 is 2.54 bits per heavy atom. The summed E-state index contributed by atoms with van der Waals surface area (Å²) in [5, 5.41) is 2.91. The van der Waals surface area contributed by atoms with E-state index in [9.17, 15) is 4.79 Å². The average molecular weight is 376 g/mol. The van der Waals surface area contributed by atoms with Gasteiger partial charge in [-0.25, -0.2) is 9.97 Å². The number of methoxy groups -OCH3 is 1. The zero-order valence-corrected chi connectivity index (χ0v) is 16.3. The van der Waals surface area contributed by atoms with Crippen LogP contribution in [0.15, 0.2) is 60.7 Å². The number of anilines is 1. The summed E-state index contributed by atoms with van der Waals surface area (Å²) < 4.78 is 5.33. The monoisotopic (exact) mass is 376 g/mol. The van der Waals surface area contributed by atoms with E-state index in [2.05, 4.69) is 27.4 Å². The van der Waals surface area contributed by atoms with Crippen LogP contribution in [0.2, 0.25) is 0 Å². The molecule has 0 saturated carbocycles. The van der Waals surface area contributed by atoms with Gasteiger partial charge in [-0.15, -0.1) is 0 Å². The lowest BCUT2D eigenvalue weighted by atomic mass is 10.2. The topological polar surface area (TPSA) is 67.3 Å². The molecule has 2 aromatic carbocycles. The first-order valence-electron chi connectivity index (χ1n) is 9.07. The Labute approximate surface area is 165 Å². The molecule has 0 aliphatic heterocycles. The highest BCUT2D eigenvalue weighted by Crippen LogP contribution is 2.18. The summed E-state index contributed by atoms with van der Waals surface area (Å²) in [6, 6.07) is 19.4. The highest BCUT2D eigenvalue weighted by molar-refractivity contribution is 5.93. The fraction of sp³-hybridized carbons (Fsp3) is 0.227. The van der Waals surface area contributed by atoms with Gasteiger partial charge in [0.15, 0.2) is 0 Å². The maximum Gasteiger partial charge on any atom is 0.270 e. The smallest absolute Gasteiger partial charge is 0.270 e. The molecule has 1 amide bonds. The maximum atomic E-state index is 12.6. The number of nitrogens with one attached hydrogen (secondary N) is 1. The molecule has 28 heavy (non-hydrogen) atoms. The van der Waals surface area contributed by atoms with E-state index in [4.69, 9.17) is 4.74 Å². The van der Waals surface area contributed by atoms with E-state index in [1.54, 1.807) is 20.1 Å². The van der Waals surface area contributed by atoms with Gasteiger partial charge in [0, 0.05) is 31.8 Å². The number of hydrogen-bond acceptors (Lipinski definition) is 5. The SMILES string of the molecule is COc1ccccc1CNC(=O)c1cc(N(C)Cc2ccccc2)nc(C)n1. The van der Waals surface area contributed by atoms with Crippen molar-refractivity contribution in [3.63, 3.8) is 0 Å².